The monoisotopic (exact) mass is 577 g/mol. The van der Waals surface area contributed by atoms with Crippen LogP contribution in [0.4, 0.5) is 0 Å². The average Bonchev–Trinajstić information content (AvgIpc) is 3.70. The Morgan fingerprint density at radius 1 is 0.814 bits per heavy atom. The van der Waals surface area contributed by atoms with Gasteiger partial charge in [-0.1, -0.05) is 72.6 Å². The average molecular weight is 578 g/mol. The second kappa shape index (κ2) is 12.5. The van der Waals surface area contributed by atoms with Gasteiger partial charge in [0, 0.05) is 45.7 Å². The molecule has 224 valence electrons. The van der Waals surface area contributed by atoms with Crippen molar-refractivity contribution >= 4 is 11.0 Å². The topological polar surface area (TPSA) is 54.8 Å². The number of hydrogen-bond acceptors (Lipinski definition) is 6. The fourth-order valence-electron chi connectivity index (χ4n) is 7.10. The Bertz CT molecular complexity index is 1550. The number of para-hydroxylation sites is 2. The third kappa shape index (κ3) is 5.81. The lowest BCUT2D eigenvalue weighted by Crippen LogP contribution is -2.56. The van der Waals surface area contributed by atoms with E-state index < -0.39 is 5.54 Å². The summed E-state index contributed by atoms with van der Waals surface area (Å²) < 4.78 is 14.1. The van der Waals surface area contributed by atoms with E-state index in [9.17, 15) is 0 Å². The Balaban J connectivity index is 1.34. The maximum absolute atomic E-state index is 6.03. The van der Waals surface area contributed by atoms with Crippen molar-refractivity contribution in [1.29, 1.82) is 0 Å². The largest absolute Gasteiger partial charge is 0.462 e. The Morgan fingerprint density at radius 3 is 2.26 bits per heavy atom. The zero-order valence-electron chi connectivity index (χ0n) is 25.3. The molecule has 1 unspecified atom stereocenters. The second-order valence-electron chi connectivity index (χ2n) is 12.3. The number of rotatable bonds is 9. The van der Waals surface area contributed by atoms with Crippen LogP contribution in [0.15, 0.2) is 84.8 Å². The van der Waals surface area contributed by atoms with Gasteiger partial charge in [0.1, 0.15) is 23.4 Å². The van der Waals surface area contributed by atoms with Crippen LogP contribution in [-0.4, -0.2) is 65.4 Å². The van der Waals surface area contributed by atoms with Crippen molar-refractivity contribution in [3.05, 3.63) is 113 Å². The third-order valence-corrected chi connectivity index (χ3v) is 9.39. The molecule has 1 atom stereocenters. The number of aromatic nitrogens is 2. The summed E-state index contributed by atoms with van der Waals surface area (Å²) in [4.78, 5) is 10.7. The number of fused-ring (bicyclic) bond motifs is 1. The molecule has 7 rings (SSSR count). The maximum Gasteiger partial charge on any atom is 0.229 e. The van der Waals surface area contributed by atoms with Crippen LogP contribution in [0.25, 0.3) is 11.0 Å². The molecule has 4 heterocycles. The number of nitrogens with zero attached hydrogens (tertiary/aromatic N) is 4. The number of ether oxygens (including phenoxy) is 2. The molecule has 2 fully saturated rings. The van der Waals surface area contributed by atoms with Gasteiger partial charge in [0.2, 0.25) is 6.79 Å². The Kier molecular flexibility index (Phi) is 8.20. The standard InChI is InChI=1S/C36H43N5O2/c1-28-9-15-31(16-10-28)36(23-32-26-42-27-43-32,40-21-17-37-18-22-40)35-38-33-7-3-4-8-34(33)41(35)25-30-13-11-29(12-14-30)24-39-19-5-2-6-20-39/h3-4,7-16,26,37H,2,5-6,17-25,27H2,1H3. The second-order valence-corrected chi connectivity index (χ2v) is 12.3. The van der Waals surface area contributed by atoms with Gasteiger partial charge in [0.15, 0.2) is 0 Å². The first-order chi connectivity index (χ1) is 21.2. The summed E-state index contributed by atoms with van der Waals surface area (Å²) in [6.45, 7) is 10.3. The summed E-state index contributed by atoms with van der Waals surface area (Å²) in [5.74, 6) is 1.91. The molecule has 0 aliphatic carbocycles. The van der Waals surface area contributed by atoms with Crippen LogP contribution in [-0.2, 0) is 28.1 Å². The highest BCUT2D eigenvalue weighted by molar-refractivity contribution is 5.76. The molecule has 1 aromatic heterocycles. The maximum atomic E-state index is 6.03. The minimum atomic E-state index is -0.539. The smallest absolute Gasteiger partial charge is 0.229 e. The molecule has 7 nitrogen and oxygen atoms in total. The summed E-state index contributed by atoms with van der Waals surface area (Å²) in [6, 6.07) is 26.8. The van der Waals surface area contributed by atoms with Gasteiger partial charge < -0.3 is 19.4 Å². The van der Waals surface area contributed by atoms with Crippen molar-refractivity contribution in [3.63, 3.8) is 0 Å². The van der Waals surface area contributed by atoms with Crippen molar-refractivity contribution < 1.29 is 9.47 Å². The van der Waals surface area contributed by atoms with Crippen LogP contribution in [0.2, 0.25) is 0 Å². The van der Waals surface area contributed by atoms with Gasteiger partial charge in [0.25, 0.3) is 0 Å². The molecule has 0 radical (unpaired) electrons. The minimum absolute atomic E-state index is 0.265. The number of piperidine rings is 1. The predicted octanol–water partition coefficient (Wildman–Crippen LogP) is 5.76. The number of nitrogens with one attached hydrogen (secondary N) is 1. The first-order valence-corrected chi connectivity index (χ1v) is 15.9. The molecule has 3 aliphatic rings. The number of hydrogen-bond donors (Lipinski definition) is 1. The Morgan fingerprint density at radius 2 is 1.53 bits per heavy atom. The molecule has 0 amide bonds. The van der Waals surface area contributed by atoms with E-state index in [-0.39, 0.29) is 6.79 Å². The van der Waals surface area contributed by atoms with Gasteiger partial charge in [-0.2, -0.15) is 0 Å². The molecule has 2 saturated heterocycles. The van der Waals surface area contributed by atoms with E-state index in [1.54, 1.807) is 6.26 Å². The molecule has 3 aromatic carbocycles. The quantitative estimate of drug-likeness (QED) is 0.273. The van der Waals surface area contributed by atoms with Crippen LogP contribution in [0, 0.1) is 6.92 Å². The Hall–Kier alpha value is -3.65. The van der Waals surface area contributed by atoms with Crippen molar-refractivity contribution in [2.24, 2.45) is 0 Å². The van der Waals surface area contributed by atoms with Gasteiger partial charge in [-0.15, -0.1) is 0 Å². The fraction of sp³-hybridized carbons (Fsp3) is 0.417. The van der Waals surface area contributed by atoms with E-state index in [2.05, 4.69) is 99.4 Å². The summed E-state index contributed by atoms with van der Waals surface area (Å²) >= 11 is 0. The molecule has 0 saturated carbocycles. The number of likely N-dealkylation sites (tertiary alicyclic amines) is 1. The van der Waals surface area contributed by atoms with Crippen LogP contribution < -0.4 is 5.32 Å². The van der Waals surface area contributed by atoms with Crippen molar-refractivity contribution in [1.82, 2.24) is 24.7 Å². The van der Waals surface area contributed by atoms with E-state index in [1.165, 1.54) is 54.6 Å². The molecule has 1 N–H and O–H groups in total. The van der Waals surface area contributed by atoms with Crippen LogP contribution in [0.3, 0.4) is 0 Å². The highest BCUT2D eigenvalue weighted by Gasteiger charge is 2.46. The normalized spacial score (nSPS) is 19.5. The zero-order valence-corrected chi connectivity index (χ0v) is 25.3. The zero-order chi connectivity index (χ0) is 29.1. The summed E-state index contributed by atoms with van der Waals surface area (Å²) in [5.41, 5.74) is 6.77. The van der Waals surface area contributed by atoms with Crippen molar-refractivity contribution in [2.45, 2.75) is 51.2 Å². The predicted molar refractivity (Wildman–Crippen MR) is 171 cm³/mol. The van der Waals surface area contributed by atoms with Crippen molar-refractivity contribution in [2.75, 3.05) is 46.1 Å². The van der Waals surface area contributed by atoms with Gasteiger partial charge in [0.05, 0.1) is 11.0 Å². The lowest BCUT2D eigenvalue weighted by atomic mass is 9.81. The van der Waals surface area contributed by atoms with Gasteiger partial charge in [-0.25, -0.2) is 4.98 Å². The van der Waals surface area contributed by atoms with E-state index in [4.69, 9.17) is 14.5 Å². The first-order valence-electron chi connectivity index (χ1n) is 15.9. The molecular weight excluding hydrogens is 534 g/mol. The molecule has 4 aromatic rings. The highest BCUT2D eigenvalue weighted by atomic mass is 16.7. The SMILES string of the molecule is Cc1ccc(C(CC2=COCO2)(c2nc3ccccc3n2Cc2ccc(CN3CCCCC3)cc2)N2CCNCC2)cc1. The van der Waals surface area contributed by atoms with Gasteiger partial charge >= 0.3 is 0 Å². The van der Waals surface area contributed by atoms with E-state index in [0.29, 0.717) is 6.42 Å². The van der Waals surface area contributed by atoms with E-state index in [0.717, 1.165) is 61.9 Å². The number of piperazine rings is 1. The molecule has 43 heavy (non-hydrogen) atoms. The number of benzene rings is 3. The minimum Gasteiger partial charge on any atom is -0.462 e. The Labute approximate surface area is 255 Å². The van der Waals surface area contributed by atoms with Crippen LogP contribution in [0.1, 0.15) is 53.8 Å². The third-order valence-electron chi connectivity index (χ3n) is 9.39. The van der Waals surface area contributed by atoms with Crippen LogP contribution >= 0.6 is 0 Å². The molecule has 0 bridgehead atoms. The van der Waals surface area contributed by atoms with E-state index in [1.807, 2.05) is 0 Å². The van der Waals surface area contributed by atoms with Crippen LogP contribution in [0.5, 0.6) is 0 Å². The lowest BCUT2D eigenvalue weighted by Gasteiger charge is -2.46. The number of aryl methyl sites for hydroxylation is 1. The fourth-order valence-corrected chi connectivity index (χ4v) is 7.10. The summed E-state index contributed by atoms with van der Waals surface area (Å²) in [6.07, 6.45) is 6.44. The number of imidazole rings is 1. The van der Waals surface area contributed by atoms with Gasteiger partial charge in [-0.3, -0.25) is 9.80 Å². The molecular formula is C36H43N5O2. The molecule has 7 heteroatoms. The summed E-state index contributed by atoms with van der Waals surface area (Å²) in [7, 11) is 0. The first kappa shape index (κ1) is 28.1. The highest BCUT2D eigenvalue weighted by Crippen LogP contribution is 2.43. The van der Waals surface area contributed by atoms with Gasteiger partial charge in [-0.05, 0) is 61.7 Å². The lowest BCUT2D eigenvalue weighted by molar-refractivity contribution is 0.0510. The van der Waals surface area contributed by atoms with Crippen molar-refractivity contribution in [3.8, 4) is 0 Å². The molecule has 0 spiro atoms. The summed E-state index contributed by atoms with van der Waals surface area (Å²) in [5, 5.41) is 3.57. The molecule has 3 aliphatic heterocycles. The van der Waals surface area contributed by atoms with E-state index >= 15 is 0 Å².